The summed E-state index contributed by atoms with van der Waals surface area (Å²) < 4.78 is 8.25. The third-order valence-electron chi connectivity index (χ3n) is 3.29. The quantitative estimate of drug-likeness (QED) is 0.930. The van der Waals surface area contributed by atoms with Crippen molar-refractivity contribution in [3.8, 4) is 0 Å². The molecule has 1 aliphatic heterocycles. The minimum absolute atomic E-state index is 0.324. The Labute approximate surface area is 110 Å². The summed E-state index contributed by atoms with van der Waals surface area (Å²) in [6.07, 6.45) is 6.76. The predicted octanol–water partition coefficient (Wildman–Crippen LogP) is 2.57. The van der Waals surface area contributed by atoms with Crippen molar-refractivity contribution in [1.29, 1.82) is 0 Å². The third kappa shape index (κ3) is 3.30. The lowest BCUT2D eigenvalue weighted by Gasteiger charge is -2.23. The zero-order valence-corrected chi connectivity index (χ0v) is 11.7. The van der Waals surface area contributed by atoms with Gasteiger partial charge in [0.2, 0.25) is 0 Å². The van der Waals surface area contributed by atoms with Gasteiger partial charge in [-0.25, -0.2) is 0 Å². The highest BCUT2D eigenvalue weighted by atomic mass is 79.9. The first-order valence-electron chi connectivity index (χ1n) is 6.15. The van der Waals surface area contributed by atoms with E-state index < -0.39 is 6.10 Å². The summed E-state index contributed by atoms with van der Waals surface area (Å²) >= 11 is 3.41. The molecular formula is C12H19BrN2O2. The molecule has 2 unspecified atom stereocenters. The van der Waals surface area contributed by atoms with Gasteiger partial charge in [-0.15, -0.1) is 0 Å². The Morgan fingerprint density at radius 1 is 1.65 bits per heavy atom. The van der Waals surface area contributed by atoms with E-state index in [2.05, 4.69) is 21.0 Å². The molecule has 2 rings (SSSR count). The maximum absolute atomic E-state index is 10.2. The summed E-state index contributed by atoms with van der Waals surface area (Å²) in [5, 5.41) is 14.3. The maximum Gasteiger partial charge on any atom is 0.0969 e. The smallest absolute Gasteiger partial charge is 0.0969 e. The Morgan fingerprint density at radius 3 is 3.06 bits per heavy atom. The van der Waals surface area contributed by atoms with E-state index in [4.69, 9.17) is 4.74 Å². The topological polar surface area (TPSA) is 47.3 Å². The summed E-state index contributed by atoms with van der Waals surface area (Å²) in [6.45, 7) is 0.871. The van der Waals surface area contributed by atoms with Gasteiger partial charge in [0.05, 0.1) is 28.6 Å². The lowest BCUT2D eigenvalue weighted by molar-refractivity contribution is 0.00155. The van der Waals surface area contributed by atoms with Crippen LogP contribution in [0.1, 0.15) is 43.9 Å². The van der Waals surface area contributed by atoms with E-state index in [0.29, 0.717) is 6.10 Å². The average molecular weight is 303 g/mol. The lowest BCUT2D eigenvalue weighted by Crippen LogP contribution is -2.20. The summed E-state index contributed by atoms with van der Waals surface area (Å²) in [5.74, 6) is 0. The SMILES string of the molecule is Cn1ncc(Br)c1C(O)CCC1CCCCO1. The highest BCUT2D eigenvalue weighted by molar-refractivity contribution is 9.10. The number of rotatable bonds is 4. The Kier molecular flexibility index (Phi) is 4.59. The highest BCUT2D eigenvalue weighted by Crippen LogP contribution is 2.27. The van der Waals surface area contributed by atoms with Crippen molar-refractivity contribution in [3.05, 3.63) is 16.4 Å². The summed E-state index contributed by atoms with van der Waals surface area (Å²) in [4.78, 5) is 0. The van der Waals surface area contributed by atoms with Crippen molar-refractivity contribution in [2.75, 3.05) is 6.61 Å². The normalized spacial score (nSPS) is 22.6. The Bertz CT molecular complexity index is 342. The van der Waals surface area contributed by atoms with Crippen LogP contribution in [0.15, 0.2) is 10.7 Å². The van der Waals surface area contributed by atoms with Gasteiger partial charge >= 0.3 is 0 Å². The van der Waals surface area contributed by atoms with Gasteiger partial charge in [0.25, 0.3) is 0 Å². The van der Waals surface area contributed by atoms with Crippen LogP contribution < -0.4 is 0 Å². The Balaban J connectivity index is 1.86. The molecule has 0 spiro atoms. The van der Waals surface area contributed by atoms with Crippen molar-refractivity contribution in [2.45, 2.75) is 44.3 Å². The van der Waals surface area contributed by atoms with Crippen LogP contribution in [0, 0.1) is 0 Å². The molecule has 0 bridgehead atoms. The van der Waals surface area contributed by atoms with Crippen molar-refractivity contribution in [3.63, 3.8) is 0 Å². The zero-order valence-electron chi connectivity index (χ0n) is 10.1. The van der Waals surface area contributed by atoms with Crippen LogP contribution in [-0.2, 0) is 11.8 Å². The second-order valence-electron chi connectivity index (χ2n) is 4.58. The number of aromatic nitrogens is 2. The van der Waals surface area contributed by atoms with Gasteiger partial charge in [0.15, 0.2) is 0 Å². The largest absolute Gasteiger partial charge is 0.387 e. The van der Waals surface area contributed by atoms with Crippen LogP contribution in [0.3, 0.4) is 0 Å². The maximum atomic E-state index is 10.2. The fourth-order valence-corrected chi connectivity index (χ4v) is 2.92. The first kappa shape index (κ1) is 13.1. The van der Waals surface area contributed by atoms with E-state index in [0.717, 1.165) is 36.0 Å². The molecule has 0 aromatic carbocycles. The van der Waals surface area contributed by atoms with E-state index in [9.17, 15) is 5.11 Å². The molecule has 5 heteroatoms. The first-order valence-corrected chi connectivity index (χ1v) is 6.95. The van der Waals surface area contributed by atoms with Gasteiger partial charge in [-0.05, 0) is 48.0 Å². The summed E-state index contributed by atoms with van der Waals surface area (Å²) in [7, 11) is 1.85. The molecule has 0 radical (unpaired) electrons. The lowest BCUT2D eigenvalue weighted by atomic mass is 10.0. The van der Waals surface area contributed by atoms with Crippen LogP contribution >= 0.6 is 15.9 Å². The number of ether oxygens (including phenoxy) is 1. The molecule has 2 atom stereocenters. The molecule has 17 heavy (non-hydrogen) atoms. The second kappa shape index (κ2) is 5.98. The van der Waals surface area contributed by atoms with Crippen molar-refractivity contribution in [2.24, 2.45) is 7.05 Å². The fourth-order valence-electron chi connectivity index (χ4n) is 2.31. The Morgan fingerprint density at radius 2 is 2.47 bits per heavy atom. The van der Waals surface area contributed by atoms with Gasteiger partial charge in [-0.1, -0.05) is 0 Å². The molecule has 1 aliphatic rings. The van der Waals surface area contributed by atoms with E-state index >= 15 is 0 Å². The first-order chi connectivity index (χ1) is 8.18. The predicted molar refractivity (Wildman–Crippen MR) is 68.7 cm³/mol. The van der Waals surface area contributed by atoms with E-state index in [1.165, 1.54) is 12.8 Å². The number of halogens is 1. The number of nitrogens with zero attached hydrogens (tertiary/aromatic N) is 2. The molecule has 1 aromatic rings. The number of hydrogen-bond acceptors (Lipinski definition) is 3. The zero-order chi connectivity index (χ0) is 12.3. The minimum Gasteiger partial charge on any atom is -0.387 e. The molecule has 4 nitrogen and oxygen atoms in total. The Hall–Kier alpha value is -0.390. The molecule has 0 amide bonds. The second-order valence-corrected chi connectivity index (χ2v) is 5.44. The monoisotopic (exact) mass is 302 g/mol. The van der Waals surface area contributed by atoms with E-state index in [1.54, 1.807) is 10.9 Å². The van der Waals surface area contributed by atoms with Crippen molar-refractivity contribution < 1.29 is 9.84 Å². The molecule has 1 aromatic heterocycles. The highest BCUT2D eigenvalue weighted by Gasteiger charge is 2.19. The van der Waals surface area contributed by atoms with Gasteiger partial charge < -0.3 is 9.84 Å². The van der Waals surface area contributed by atoms with E-state index in [1.807, 2.05) is 7.05 Å². The third-order valence-corrected chi connectivity index (χ3v) is 3.90. The van der Waals surface area contributed by atoms with Crippen LogP contribution in [0.4, 0.5) is 0 Å². The van der Waals surface area contributed by atoms with Crippen LogP contribution in [0.2, 0.25) is 0 Å². The van der Waals surface area contributed by atoms with Gasteiger partial charge in [-0.2, -0.15) is 5.10 Å². The number of hydrogen-bond donors (Lipinski definition) is 1. The average Bonchev–Trinajstić information content (AvgIpc) is 2.67. The molecule has 2 heterocycles. The van der Waals surface area contributed by atoms with Gasteiger partial charge in [0, 0.05) is 13.7 Å². The molecule has 1 saturated heterocycles. The standard InChI is InChI=1S/C12H19BrN2O2/c1-15-12(10(13)8-14-15)11(16)6-5-9-4-2-3-7-17-9/h8-9,11,16H,2-7H2,1H3. The molecule has 0 aliphatic carbocycles. The molecular weight excluding hydrogens is 284 g/mol. The van der Waals surface area contributed by atoms with Crippen LogP contribution in [0.25, 0.3) is 0 Å². The summed E-state index contributed by atoms with van der Waals surface area (Å²) in [5.41, 5.74) is 0.848. The molecule has 96 valence electrons. The molecule has 0 saturated carbocycles. The minimum atomic E-state index is -0.470. The molecule has 1 fully saturated rings. The van der Waals surface area contributed by atoms with Crippen molar-refractivity contribution in [1.82, 2.24) is 9.78 Å². The number of aliphatic hydroxyl groups excluding tert-OH is 1. The molecule has 1 N–H and O–H groups in total. The van der Waals surface area contributed by atoms with Gasteiger partial charge in [0.1, 0.15) is 0 Å². The van der Waals surface area contributed by atoms with Gasteiger partial charge in [-0.3, -0.25) is 4.68 Å². The van der Waals surface area contributed by atoms with E-state index in [-0.39, 0.29) is 0 Å². The van der Waals surface area contributed by atoms with Crippen LogP contribution in [-0.4, -0.2) is 27.6 Å². The number of aliphatic hydroxyl groups is 1. The van der Waals surface area contributed by atoms with Crippen molar-refractivity contribution >= 4 is 15.9 Å². The summed E-state index contributed by atoms with van der Waals surface area (Å²) in [6, 6.07) is 0. The van der Waals surface area contributed by atoms with Crippen LogP contribution in [0.5, 0.6) is 0 Å². The number of aryl methyl sites for hydroxylation is 1. The fraction of sp³-hybridized carbons (Fsp3) is 0.750.